The largest absolute Gasteiger partial charge is 0.330 e. The van der Waals surface area contributed by atoms with Crippen LogP contribution < -0.4 is 0 Å². The molecule has 0 spiro atoms. The van der Waals surface area contributed by atoms with Gasteiger partial charge in [-0.2, -0.15) is 0 Å². The Hall–Kier alpha value is -1.75. The molecule has 0 N–H and O–H groups in total. The molecule has 4 heteroatoms. The predicted molar refractivity (Wildman–Crippen MR) is 200 cm³/mol. The molecule has 1 saturated heterocycles. The predicted octanol–water partition coefficient (Wildman–Crippen LogP) is 9.74. The van der Waals surface area contributed by atoms with Gasteiger partial charge in [-0.25, -0.2) is 4.39 Å². The van der Waals surface area contributed by atoms with Gasteiger partial charge in [-0.05, 0) is 74.6 Å². The number of hydrogen-bond donors (Lipinski definition) is 0. The Morgan fingerprint density at radius 1 is 0.638 bits per heavy atom. The average molecular weight is 651 g/mol. The van der Waals surface area contributed by atoms with E-state index in [-0.39, 0.29) is 11.2 Å². The molecule has 264 valence electrons. The molecule has 0 aromatic heterocycles. The summed E-state index contributed by atoms with van der Waals surface area (Å²) in [6, 6.07) is 19.3. The van der Waals surface area contributed by atoms with Crippen LogP contribution in [-0.4, -0.2) is 94.5 Å². The van der Waals surface area contributed by atoms with Crippen LogP contribution >= 0.6 is 0 Å². The van der Waals surface area contributed by atoms with E-state index in [0.717, 1.165) is 27.5 Å². The molecule has 3 saturated carbocycles. The summed E-state index contributed by atoms with van der Waals surface area (Å²) >= 11 is 0. The van der Waals surface area contributed by atoms with Gasteiger partial charge >= 0.3 is 0 Å². The SMILES string of the molecule is CC(C)C[N+]1(C2CCCCC2)CCCC1.C[N+](C)(C)CC1(c2cccc(F)c2)CCCC1.C[N+](C)(C)CC1(c2ccccc2)CCC1. The minimum absolute atomic E-state index is 0.102. The molecule has 0 amide bonds. The highest BCUT2D eigenvalue weighted by Crippen LogP contribution is 2.45. The monoisotopic (exact) mass is 651 g/mol. The molecule has 0 unspecified atom stereocenters. The third-order valence-corrected chi connectivity index (χ3v) is 11.8. The van der Waals surface area contributed by atoms with E-state index in [1.807, 2.05) is 6.07 Å². The first-order valence-corrected chi connectivity index (χ1v) is 19.4. The maximum absolute atomic E-state index is 13.4. The van der Waals surface area contributed by atoms with E-state index >= 15 is 0 Å². The smallest absolute Gasteiger partial charge is 0.123 e. The molecule has 3 aliphatic carbocycles. The van der Waals surface area contributed by atoms with Crippen LogP contribution in [0.15, 0.2) is 54.6 Å². The molecule has 0 radical (unpaired) electrons. The first kappa shape index (κ1) is 38.1. The lowest BCUT2D eigenvalue weighted by molar-refractivity contribution is -0.944. The third-order valence-electron chi connectivity index (χ3n) is 11.8. The van der Waals surface area contributed by atoms with Crippen LogP contribution in [0.4, 0.5) is 4.39 Å². The molecule has 4 aliphatic rings. The van der Waals surface area contributed by atoms with Crippen molar-refractivity contribution in [1.82, 2.24) is 0 Å². The first-order valence-electron chi connectivity index (χ1n) is 19.4. The molecule has 0 atom stereocenters. The zero-order valence-corrected chi connectivity index (χ0v) is 32.0. The quantitative estimate of drug-likeness (QED) is 0.237. The zero-order chi connectivity index (χ0) is 34.2. The van der Waals surface area contributed by atoms with Crippen LogP contribution in [0.2, 0.25) is 0 Å². The Bertz CT molecular complexity index is 1190. The number of likely N-dealkylation sites (N-methyl/N-ethyl adjacent to an activating group) is 2. The van der Waals surface area contributed by atoms with E-state index in [9.17, 15) is 4.39 Å². The van der Waals surface area contributed by atoms with E-state index < -0.39 is 0 Å². The van der Waals surface area contributed by atoms with Crippen molar-refractivity contribution in [2.24, 2.45) is 5.92 Å². The van der Waals surface area contributed by atoms with Crippen molar-refractivity contribution in [3.63, 3.8) is 0 Å². The summed E-state index contributed by atoms with van der Waals surface area (Å²) in [4.78, 5) is 0. The molecule has 0 bridgehead atoms. The van der Waals surface area contributed by atoms with E-state index in [1.54, 1.807) is 11.6 Å². The highest BCUT2D eigenvalue weighted by Gasteiger charge is 2.43. The fourth-order valence-electron chi connectivity index (χ4n) is 10.2. The summed E-state index contributed by atoms with van der Waals surface area (Å²) in [6.45, 7) is 11.6. The van der Waals surface area contributed by atoms with Gasteiger partial charge in [0.1, 0.15) is 5.82 Å². The van der Waals surface area contributed by atoms with Gasteiger partial charge in [0.05, 0.1) is 81.1 Å². The summed E-state index contributed by atoms with van der Waals surface area (Å²) in [5.74, 6) is 0.778. The molecule has 4 fully saturated rings. The van der Waals surface area contributed by atoms with E-state index in [4.69, 9.17) is 0 Å². The van der Waals surface area contributed by atoms with Crippen LogP contribution in [0.5, 0.6) is 0 Å². The lowest BCUT2D eigenvalue weighted by Gasteiger charge is -2.46. The number of likely N-dealkylation sites (tertiary alicyclic amines) is 1. The highest BCUT2D eigenvalue weighted by molar-refractivity contribution is 5.28. The molecule has 3 nitrogen and oxygen atoms in total. The second-order valence-corrected chi connectivity index (χ2v) is 18.6. The second-order valence-electron chi connectivity index (χ2n) is 18.6. The maximum Gasteiger partial charge on any atom is 0.123 e. The Morgan fingerprint density at radius 2 is 1.15 bits per heavy atom. The second kappa shape index (κ2) is 16.3. The van der Waals surface area contributed by atoms with Crippen molar-refractivity contribution in [3.8, 4) is 0 Å². The van der Waals surface area contributed by atoms with E-state index in [0.29, 0.717) is 5.41 Å². The maximum atomic E-state index is 13.4. The zero-order valence-electron chi connectivity index (χ0n) is 32.0. The molecule has 1 heterocycles. The van der Waals surface area contributed by atoms with Crippen molar-refractivity contribution < 1.29 is 17.8 Å². The summed E-state index contributed by atoms with van der Waals surface area (Å²) in [5, 5.41) is 0. The molecular weight excluding hydrogens is 577 g/mol. The lowest BCUT2D eigenvalue weighted by Crippen LogP contribution is -2.55. The van der Waals surface area contributed by atoms with Gasteiger partial charge < -0.3 is 13.4 Å². The van der Waals surface area contributed by atoms with Crippen LogP contribution in [0.1, 0.15) is 115 Å². The topological polar surface area (TPSA) is 0 Å². The standard InChI is InChI=1S/C15H23FN.C14H22N.C14H28N/c1-17(2,3)12-15(9-4-5-10-15)13-7-6-8-14(16)11-13;1-15(2,3)12-14(10-7-11-14)13-8-5-4-6-9-13;1-13(2)12-15(10-6-7-11-15)14-8-4-3-5-9-14/h6-8,11H,4-5,9-10,12H2,1-3H3;4-6,8-9H,7,10-12H2,1-3H3;13-14H,3-12H2,1-2H3/q3*+1. The minimum Gasteiger partial charge on any atom is -0.330 e. The van der Waals surface area contributed by atoms with Crippen molar-refractivity contribution in [3.05, 3.63) is 71.5 Å². The van der Waals surface area contributed by atoms with Crippen LogP contribution in [-0.2, 0) is 10.8 Å². The van der Waals surface area contributed by atoms with Crippen molar-refractivity contribution in [2.45, 2.75) is 121 Å². The van der Waals surface area contributed by atoms with Crippen molar-refractivity contribution >= 4 is 0 Å². The number of halogens is 1. The van der Waals surface area contributed by atoms with Gasteiger partial charge in [0.25, 0.3) is 0 Å². The molecule has 2 aromatic rings. The molecule has 1 aliphatic heterocycles. The summed E-state index contributed by atoms with van der Waals surface area (Å²) < 4.78 is 16.9. The van der Waals surface area contributed by atoms with Gasteiger partial charge in [-0.1, -0.05) is 82.0 Å². The van der Waals surface area contributed by atoms with Crippen LogP contribution in [0, 0.1) is 11.7 Å². The number of nitrogens with zero attached hydrogens (tertiary/aromatic N) is 3. The molecule has 47 heavy (non-hydrogen) atoms. The van der Waals surface area contributed by atoms with Gasteiger partial charge in [0.2, 0.25) is 0 Å². The fourth-order valence-corrected chi connectivity index (χ4v) is 10.2. The Morgan fingerprint density at radius 3 is 1.62 bits per heavy atom. The summed E-state index contributed by atoms with van der Waals surface area (Å²) in [6.07, 6.45) is 19.6. The Labute approximate surface area is 290 Å². The average Bonchev–Trinajstić information content (AvgIpc) is 3.66. The van der Waals surface area contributed by atoms with E-state index in [1.165, 1.54) is 132 Å². The number of benzene rings is 2. The van der Waals surface area contributed by atoms with Gasteiger partial charge in [0, 0.05) is 29.6 Å². The fraction of sp³-hybridized carbons (Fsp3) is 0.721. The van der Waals surface area contributed by atoms with Gasteiger partial charge in [0.15, 0.2) is 0 Å². The third kappa shape index (κ3) is 10.9. The summed E-state index contributed by atoms with van der Waals surface area (Å²) in [5.41, 5.74) is 3.41. The highest BCUT2D eigenvalue weighted by atomic mass is 19.1. The van der Waals surface area contributed by atoms with Gasteiger partial charge in [-0.3, -0.25) is 0 Å². The number of quaternary nitrogens is 3. The first-order chi connectivity index (χ1) is 22.2. The van der Waals surface area contributed by atoms with Crippen LogP contribution in [0.25, 0.3) is 0 Å². The Balaban J connectivity index is 0.000000160. The lowest BCUT2D eigenvalue weighted by atomic mass is 9.64. The summed E-state index contributed by atoms with van der Waals surface area (Å²) in [7, 11) is 13.5. The number of rotatable bonds is 9. The Kier molecular flexibility index (Phi) is 13.2. The molecular formula is C43H73FN3+3. The normalized spacial score (nSPS) is 22.1. The number of hydrogen-bond acceptors (Lipinski definition) is 0. The van der Waals surface area contributed by atoms with Crippen LogP contribution in [0.3, 0.4) is 0 Å². The molecule has 2 aromatic carbocycles. The van der Waals surface area contributed by atoms with Gasteiger partial charge in [-0.15, -0.1) is 0 Å². The minimum atomic E-state index is -0.102. The van der Waals surface area contributed by atoms with Crippen molar-refractivity contribution in [2.75, 3.05) is 75.0 Å². The van der Waals surface area contributed by atoms with E-state index in [2.05, 4.69) is 92.5 Å². The molecule has 6 rings (SSSR count). The van der Waals surface area contributed by atoms with Crippen molar-refractivity contribution in [1.29, 1.82) is 0 Å².